The first-order valence-corrected chi connectivity index (χ1v) is 3.69. The summed E-state index contributed by atoms with van der Waals surface area (Å²) in [4.78, 5) is 0. The van der Waals surface area contributed by atoms with E-state index in [1.165, 1.54) is 10.8 Å². The van der Waals surface area contributed by atoms with Crippen LogP contribution in [0.3, 0.4) is 0 Å². The van der Waals surface area contributed by atoms with Gasteiger partial charge in [0, 0.05) is 0 Å². The van der Waals surface area contributed by atoms with Crippen molar-refractivity contribution in [2.24, 2.45) is 0 Å². The van der Waals surface area contributed by atoms with Gasteiger partial charge in [0.1, 0.15) is 0 Å². The van der Waals surface area contributed by atoms with E-state index in [9.17, 15) is 17.2 Å². The summed E-state index contributed by atoms with van der Waals surface area (Å²) in [5, 5.41) is 7.79. The molecule has 0 bridgehead atoms. The molecular weight excluding hydrogens is 166 g/mol. The topological polar surface area (TPSA) is 70.0 Å². The van der Waals surface area contributed by atoms with Crippen molar-refractivity contribution in [1.29, 1.82) is 5.26 Å². The summed E-state index contributed by atoms with van der Waals surface area (Å²) in [5.74, 6) is -3.47. The second-order valence-corrected chi connectivity index (χ2v) is 3.02. The van der Waals surface area contributed by atoms with Gasteiger partial charge in [0.05, 0.1) is 12.6 Å². The molecule has 58 valence electrons. The number of nitrogens with one attached hydrogen (secondary N) is 1. The molecule has 4 nitrogen and oxygen atoms in total. The molecule has 0 amide bonds. The third kappa shape index (κ3) is 2.70. The first-order valence-electron chi connectivity index (χ1n) is 2.14. The van der Waals surface area contributed by atoms with E-state index < -0.39 is 22.3 Å². The predicted octanol–water partition coefficient (Wildman–Crippen LogP) is -0.348. The Labute approximate surface area is 56.5 Å². The zero-order chi connectivity index (χ0) is 8.20. The Morgan fingerprint density at radius 3 is 2.40 bits per heavy atom. The number of alkyl halides is 2. The van der Waals surface area contributed by atoms with E-state index in [0.717, 1.165) is 0 Å². The number of rotatable bonds is 3. The van der Waals surface area contributed by atoms with Gasteiger partial charge in [-0.3, -0.25) is 0 Å². The van der Waals surface area contributed by atoms with Crippen LogP contribution in [-0.2, 0) is 10.0 Å². The Bertz CT molecular complexity index is 229. The third-order valence-corrected chi connectivity index (χ3v) is 1.60. The fourth-order valence-electron chi connectivity index (χ4n) is 0.196. The van der Waals surface area contributed by atoms with Crippen LogP contribution in [0.25, 0.3) is 0 Å². The molecule has 0 spiro atoms. The minimum absolute atomic E-state index is 0.632. The molecule has 0 unspecified atom stereocenters. The average Bonchev–Trinajstić information content (AvgIpc) is 1.84. The van der Waals surface area contributed by atoms with E-state index in [1.54, 1.807) is 0 Å². The van der Waals surface area contributed by atoms with Gasteiger partial charge in [-0.15, -0.1) is 0 Å². The van der Waals surface area contributed by atoms with Crippen molar-refractivity contribution >= 4 is 10.0 Å². The Balaban J connectivity index is 4.06. The highest BCUT2D eigenvalue weighted by Gasteiger charge is 2.22. The molecule has 0 aliphatic heterocycles. The van der Waals surface area contributed by atoms with Gasteiger partial charge in [-0.2, -0.15) is 18.8 Å². The molecule has 0 radical (unpaired) electrons. The fourth-order valence-corrected chi connectivity index (χ4v) is 0.588. The first kappa shape index (κ1) is 9.26. The Hall–Kier alpha value is -0.740. The van der Waals surface area contributed by atoms with Crippen molar-refractivity contribution in [3.8, 4) is 6.07 Å². The second kappa shape index (κ2) is 3.43. The largest absolute Gasteiger partial charge is 0.350 e. The van der Waals surface area contributed by atoms with Gasteiger partial charge in [0.15, 0.2) is 0 Å². The second-order valence-electron chi connectivity index (χ2n) is 1.28. The van der Waals surface area contributed by atoms with Gasteiger partial charge in [-0.25, -0.2) is 8.42 Å². The van der Waals surface area contributed by atoms with Crippen molar-refractivity contribution < 1.29 is 17.2 Å². The Morgan fingerprint density at radius 1 is 1.60 bits per heavy atom. The van der Waals surface area contributed by atoms with Gasteiger partial charge >= 0.3 is 5.76 Å². The summed E-state index contributed by atoms with van der Waals surface area (Å²) < 4.78 is 44.3. The van der Waals surface area contributed by atoms with E-state index in [4.69, 9.17) is 5.26 Å². The first-order chi connectivity index (χ1) is 4.50. The van der Waals surface area contributed by atoms with Crippen LogP contribution in [0.2, 0.25) is 0 Å². The molecule has 0 aromatic rings. The summed E-state index contributed by atoms with van der Waals surface area (Å²) in [7, 11) is -4.57. The minimum atomic E-state index is -4.57. The molecule has 1 N–H and O–H groups in total. The van der Waals surface area contributed by atoms with Crippen LogP contribution in [0.5, 0.6) is 0 Å². The maximum absolute atomic E-state index is 11.4. The molecule has 10 heavy (non-hydrogen) atoms. The molecule has 0 saturated heterocycles. The standard InChI is InChI=1S/C3H4F2N2O2S/c4-3(5)10(8,9)7-2-1-6/h3,7H,2H2. The minimum Gasteiger partial charge on any atom is -0.206 e. The van der Waals surface area contributed by atoms with Crippen LogP contribution in [-0.4, -0.2) is 20.7 Å². The molecule has 0 rings (SSSR count). The average molecular weight is 170 g/mol. The smallest absolute Gasteiger partial charge is 0.206 e. The van der Waals surface area contributed by atoms with E-state index >= 15 is 0 Å². The van der Waals surface area contributed by atoms with Crippen molar-refractivity contribution in [1.82, 2.24) is 4.72 Å². The van der Waals surface area contributed by atoms with Crippen molar-refractivity contribution in [2.45, 2.75) is 5.76 Å². The summed E-state index contributed by atoms with van der Waals surface area (Å²) in [6.07, 6.45) is 0. The highest BCUT2D eigenvalue weighted by atomic mass is 32.2. The van der Waals surface area contributed by atoms with E-state index in [-0.39, 0.29) is 0 Å². The summed E-state index contributed by atoms with van der Waals surface area (Å²) in [6.45, 7) is -0.632. The zero-order valence-corrected chi connectivity index (χ0v) is 5.53. The van der Waals surface area contributed by atoms with Crippen LogP contribution < -0.4 is 4.72 Å². The Kier molecular flexibility index (Phi) is 3.18. The maximum Gasteiger partial charge on any atom is 0.350 e. The zero-order valence-electron chi connectivity index (χ0n) is 4.71. The lowest BCUT2D eigenvalue weighted by atomic mass is 10.8. The quantitative estimate of drug-likeness (QED) is 0.588. The van der Waals surface area contributed by atoms with Crippen molar-refractivity contribution in [3.05, 3.63) is 0 Å². The van der Waals surface area contributed by atoms with Crippen LogP contribution >= 0.6 is 0 Å². The van der Waals surface area contributed by atoms with E-state index in [2.05, 4.69) is 0 Å². The van der Waals surface area contributed by atoms with Crippen molar-refractivity contribution in [3.63, 3.8) is 0 Å². The monoisotopic (exact) mass is 170 g/mol. The molecule has 0 aromatic carbocycles. The van der Waals surface area contributed by atoms with Gasteiger partial charge in [-0.1, -0.05) is 0 Å². The fraction of sp³-hybridized carbons (Fsp3) is 0.667. The lowest BCUT2D eigenvalue weighted by molar-refractivity contribution is 0.233. The van der Waals surface area contributed by atoms with Gasteiger partial charge < -0.3 is 0 Å². The van der Waals surface area contributed by atoms with Crippen LogP contribution in [0, 0.1) is 11.3 Å². The van der Waals surface area contributed by atoms with Crippen LogP contribution in [0.4, 0.5) is 8.78 Å². The molecule has 7 heteroatoms. The maximum atomic E-state index is 11.4. The molecule has 0 saturated carbocycles. The molecule has 0 aliphatic rings. The highest BCUT2D eigenvalue weighted by molar-refractivity contribution is 7.89. The van der Waals surface area contributed by atoms with Gasteiger partial charge in [0.2, 0.25) is 0 Å². The molecule has 0 fully saturated rings. The van der Waals surface area contributed by atoms with Crippen LogP contribution in [0.15, 0.2) is 0 Å². The number of halogens is 2. The number of hydrogen-bond donors (Lipinski definition) is 1. The van der Waals surface area contributed by atoms with Crippen molar-refractivity contribution in [2.75, 3.05) is 6.54 Å². The summed E-state index contributed by atoms with van der Waals surface area (Å²) >= 11 is 0. The molecule has 0 aromatic heterocycles. The number of nitriles is 1. The number of sulfonamides is 1. The molecular formula is C3H4F2N2O2S. The molecule has 0 aliphatic carbocycles. The summed E-state index contributed by atoms with van der Waals surface area (Å²) in [5.41, 5.74) is 0. The highest BCUT2D eigenvalue weighted by Crippen LogP contribution is 1.99. The van der Waals surface area contributed by atoms with Gasteiger partial charge in [0.25, 0.3) is 10.0 Å². The third-order valence-electron chi connectivity index (χ3n) is 0.587. The SMILES string of the molecule is N#CCNS(=O)(=O)C(F)F. The Morgan fingerprint density at radius 2 is 2.10 bits per heavy atom. The van der Waals surface area contributed by atoms with E-state index in [0.29, 0.717) is 0 Å². The normalized spacial score (nSPS) is 11.4. The van der Waals surface area contributed by atoms with Gasteiger partial charge in [-0.05, 0) is 0 Å². The molecule has 0 atom stereocenters. The lowest BCUT2D eigenvalue weighted by Gasteiger charge is -1.98. The number of hydrogen-bond acceptors (Lipinski definition) is 3. The molecule has 0 heterocycles. The van der Waals surface area contributed by atoms with E-state index in [1.807, 2.05) is 0 Å². The summed E-state index contributed by atoms with van der Waals surface area (Å²) in [6, 6.07) is 1.36. The van der Waals surface area contributed by atoms with Crippen LogP contribution in [0.1, 0.15) is 0 Å². The predicted molar refractivity (Wildman–Crippen MR) is 28.5 cm³/mol. The number of nitrogens with zero attached hydrogens (tertiary/aromatic N) is 1. The lowest BCUT2D eigenvalue weighted by Crippen LogP contribution is -2.29.